The van der Waals surface area contributed by atoms with Crippen molar-refractivity contribution in [1.29, 1.82) is 0 Å². The number of carbonyl (C=O) groups is 2. The standard InChI is InChI=1S/C16H15NO5.2C2H6/c1-21-16(20)10-15(19)17-11-2-6-13(7-3-11)22-14-8-4-12(18)5-9-14;2*1-2/h2-9,18H,10H2,1H3,(H,17,19);2*1-2H3. The molecule has 0 fully saturated rings. The maximum absolute atomic E-state index is 11.5. The number of phenols is 1. The Kier molecular flexibility index (Phi) is 11.7. The molecule has 0 saturated heterocycles. The molecule has 26 heavy (non-hydrogen) atoms. The van der Waals surface area contributed by atoms with Gasteiger partial charge in [0.15, 0.2) is 0 Å². The van der Waals surface area contributed by atoms with E-state index in [1.807, 2.05) is 27.7 Å². The van der Waals surface area contributed by atoms with Gasteiger partial charge < -0.3 is 19.9 Å². The Morgan fingerprint density at radius 1 is 0.885 bits per heavy atom. The summed E-state index contributed by atoms with van der Waals surface area (Å²) in [4.78, 5) is 22.5. The monoisotopic (exact) mass is 361 g/mol. The van der Waals surface area contributed by atoms with Gasteiger partial charge in [-0.25, -0.2) is 0 Å². The Hall–Kier alpha value is -3.02. The van der Waals surface area contributed by atoms with Crippen molar-refractivity contribution in [3.05, 3.63) is 48.5 Å². The van der Waals surface area contributed by atoms with Gasteiger partial charge in [-0.15, -0.1) is 0 Å². The number of anilines is 1. The zero-order valence-corrected chi connectivity index (χ0v) is 15.9. The molecule has 2 aromatic rings. The first-order chi connectivity index (χ1) is 12.6. The normalized spacial score (nSPS) is 8.81. The minimum absolute atomic E-state index is 0.163. The summed E-state index contributed by atoms with van der Waals surface area (Å²) in [6, 6.07) is 13.0. The van der Waals surface area contributed by atoms with E-state index in [1.54, 1.807) is 36.4 Å². The molecule has 142 valence electrons. The third-order valence-corrected chi connectivity index (χ3v) is 2.74. The van der Waals surface area contributed by atoms with Gasteiger partial charge in [0.1, 0.15) is 23.7 Å². The van der Waals surface area contributed by atoms with Gasteiger partial charge in [0.25, 0.3) is 0 Å². The van der Waals surface area contributed by atoms with E-state index in [4.69, 9.17) is 4.74 Å². The molecule has 2 N–H and O–H groups in total. The molecule has 0 aromatic heterocycles. The summed E-state index contributed by atoms with van der Waals surface area (Å²) in [6.07, 6.45) is -0.331. The van der Waals surface area contributed by atoms with Crippen molar-refractivity contribution < 1.29 is 24.2 Å². The number of amides is 1. The molecular formula is C20H27NO5. The van der Waals surface area contributed by atoms with Crippen molar-refractivity contribution in [1.82, 2.24) is 0 Å². The van der Waals surface area contributed by atoms with Gasteiger partial charge in [0.2, 0.25) is 5.91 Å². The summed E-state index contributed by atoms with van der Waals surface area (Å²) in [7, 11) is 1.23. The van der Waals surface area contributed by atoms with Gasteiger partial charge >= 0.3 is 5.97 Å². The van der Waals surface area contributed by atoms with Gasteiger partial charge in [-0.2, -0.15) is 0 Å². The third-order valence-electron chi connectivity index (χ3n) is 2.74. The number of hydrogen-bond acceptors (Lipinski definition) is 5. The number of benzene rings is 2. The van der Waals surface area contributed by atoms with E-state index >= 15 is 0 Å². The minimum Gasteiger partial charge on any atom is -0.508 e. The molecule has 2 rings (SSSR count). The number of rotatable bonds is 5. The highest BCUT2D eigenvalue weighted by Crippen LogP contribution is 2.24. The van der Waals surface area contributed by atoms with Crippen LogP contribution >= 0.6 is 0 Å². The molecule has 0 atom stereocenters. The maximum atomic E-state index is 11.5. The maximum Gasteiger partial charge on any atom is 0.315 e. The molecule has 0 aliphatic heterocycles. The number of hydrogen-bond donors (Lipinski definition) is 2. The fourth-order valence-corrected chi connectivity index (χ4v) is 1.67. The van der Waals surface area contributed by atoms with Crippen LogP contribution < -0.4 is 10.1 Å². The number of nitrogens with one attached hydrogen (secondary N) is 1. The summed E-state index contributed by atoms with van der Waals surface area (Å²) in [5.74, 6) is 0.289. The lowest BCUT2D eigenvalue weighted by Gasteiger charge is -2.08. The van der Waals surface area contributed by atoms with Crippen LogP contribution in [0.4, 0.5) is 5.69 Å². The molecule has 6 heteroatoms. The molecule has 1 amide bonds. The topological polar surface area (TPSA) is 84.9 Å². The van der Waals surface area contributed by atoms with Crippen molar-refractivity contribution in [2.24, 2.45) is 0 Å². The summed E-state index contributed by atoms with van der Waals surface area (Å²) in [5.41, 5.74) is 0.548. The predicted octanol–water partition coefficient (Wildman–Crippen LogP) is 4.74. The molecule has 0 bridgehead atoms. The second-order valence-electron chi connectivity index (χ2n) is 4.42. The molecule has 0 saturated carbocycles. The van der Waals surface area contributed by atoms with Crippen LogP contribution in [0.2, 0.25) is 0 Å². The Labute approximate surface area is 154 Å². The third kappa shape index (κ3) is 8.73. The van der Waals surface area contributed by atoms with Gasteiger partial charge in [0.05, 0.1) is 7.11 Å². The van der Waals surface area contributed by atoms with E-state index in [9.17, 15) is 14.7 Å². The lowest BCUT2D eigenvalue weighted by molar-refractivity contribution is -0.142. The molecule has 0 heterocycles. The highest BCUT2D eigenvalue weighted by atomic mass is 16.5. The average molecular weight is 361 g/mol. The van der Waals surface area contributed by atoms with Crippen molar-refractivity contribution >= 4 is 17.6 Å². The molecule has 0 unspecified atom stereocenters. The zero-order chi connectivity index (χ0) is 19.9. The molecule has 0 aliphatic rings. The number of ether oxygens (including phenoxy) is 2. The molecule has 0 aliphatic carbocycles. The number of methoxy groups -OCH3 is 1. The summed E-state index contributed by atoms with van der Waals surface area (Å²) < 4.78 is 9.99. The lowest BCUT2D eigenvalue weighted by atomic mass is 10.3. The molecule has 2 aromatic carbocycles. The zero-order valence-electron chi connectivity index (χ0n) is 15.9. The Morgan fingerprint density at radius 2 is 1.35 bits per heavy atom. The van der Waals surface area contributed by atoms with Crippen molar-refractivity contribution in [3.63, 3.8) is 0 Å². The van der Waals surface area contributed by atoms with Crippen molar-refractivity contribution in [2.45, 2.75) is 34.1 Å². The fourth-order valence-electron chi connectivity index (χ4n) is 1.67. The molecule has 0 spiro atoms. The summed E-state index contributed by atoms with van der Waals surface area (Å²) in [6.45, 7) is 8.00. The Morgan fingerprint density at radius 3 is 1.81 bits per heavy atom. The second kappa shape index (κ2) is 13.3. The van der Waals surface area contributed by atoms with Crippen LogP contribution in [0.5, 0.6) is 17.2 Å². The van der Waals surface area contributed by atoms with Crippen LogP contribution in [-0.4, -0.2) is 24.1 Å². The Bertz CT molecular complexity index is 651. The first kappa shape index (κ1) is 23.0. The number of aromatic hydroxyl groups is 1. The summed E-state index contributed by atoms with van der Waals surface area (Å²) in [5, 5.41) is 11.8. The average Bonchev–Trinajstić information content (AvgIpc) is 2.68. The van der Waals surface area contributed by atoms with Gasteiger partial charge in [-0.05, 0) is 48.5 Å². The van der Waals surface area contributed by atoms with Gasteiger partial charge in [0, 0.05) is 5.69 Å². The van der Waals surface area contributed by atoms with E-state index in [2.05, 4.69) is 10.1 Å². The molecule has 6 nitrogen and oxygen atoms in total. The second-order valence-corrected chi connectivity index (χ2v) is 4.42. The largest absolute Gasteiger partial charge is 0.508 e. The highest BCUT2D eigenvalue weighted by molar-refractivity contribution is 6.01. The first-order valence-corrected chi connectivity index (χ1v) is 8.50. The van der Waals surface area contributed by atoms with Gasteiger partial charge in [-0.1, -0.05) is 27.7 Å². The number of esters is 1. The van der Waals surface area contributed by atoms with E-state index < -0.39 is 11.9 Å². The minimum atomic E-state index is -0.593. The van der Waals surface area contributed by atoms with Crippen LogP contribution in [-0.2, 0) is 14.3 Å². The van der Waals surface area contributed by atoms with Crippen molar-refractivity contribution in [2.75, 3.05) is 12.4 Å². The lowest BCUT2D eigenvalue weighted by Crippen LogP contribution is -2.17. The van der Waals surface area contributed by atoms with Crippen LogP contribution in [0.3, 0.4) is 0 Å². The summed E-state index contributed by atoms with van der Waals surface area (Å²) >= 11 is 0. The SMILES string of the molecule is CC.CC.COC(=O)CC(=O)Nc1ccc(Oc2ccc(O)cc2)cc1. The van der Waals surface area contributed by atoms with Crippen LogP contribution in [0.25, 0.3) is 0 Å². The Balaban J connectivity index is 0.00000146. The van der Waals surface area contributed by atoms with Crippen LogP contribution in [0.1, 0.15) is 34.1 Å². The number of phenolic OH excluding ortho intramolecular Hbond substituents is 1. The molecule has 0 radical (unpaired) electrons. The van der Waals surface area contributed by atoms with Crippen LogP contribution in [0, 0.1) is 0 Å². The quantitative estimate of drug-likeness (QED) is 0.593. The van der Waals surface area contributed by atoms with E-state index in [1.165, 1.54) is 19.2 Å². The van der Waals surface area contributed by atoms with E-state index in [0.717, 1.165) is 0 Å². The first-order valence-electron chi connectivity index (χ1n) is 8.50. The smallest absolute Gasteiger partial charge is 0.315 e. The van der Waals surface area contributed by atoms with E-state index in [-0.39, 0.29) is 12.2 Å². The predicted molar refractivity (Wildman–Crippen MR) is 103 cm³/mol. The fraction of sp³-hybridized carbons (Fsp3) is 0.300. The van der Waals surface area contributed by atoms with E-state index in [0.29, 0.717) is 17.2 Å². The van der Waals surface area contributed by atoms with Crippen LogP contribution in [0.15, 0.2) is 48.5 Å². The highest BCUT2D eigenvalue weighted by Gasteiger charge is 2.09. The molecular weight excluding hydrogens is 334 g/mol. The van der Waals surface area contributed by atoms with Gasteiger partial charge in [-0.3, -0.25) is 9.59 Å². The number of carbonyl (C=O) groups excluding carboxylic acids is 2. The van der Waals surface area contributed by atoms with Crippen molar-refractivity contribution in [3.8, 4) is 17.2 Å².